The van der Waals surface area contributed by atoms with E-state index in [-0.39, 0.29) is 22.4 Å². The summed E-state index contributed by atoms with van der Waals surface area (Å²) >= 11 is 5.74. The zero-order valence-corrected chi connectivity index (χ0v) is 14.7. The molecule has 0 unspecified atom stereocenters. The molecule has 1 aromatic carbocycles. The van der Waals surface area contributed by atoms with E-state index in [2.05, 4.69) is 20.2 Å². The SMILES string of the molecule is ONC(=Nc1ccc(F)c(Cl)c1)c1nonc1OCCN1CCCCC1. The number of likely N-dealkylation sites (tertiary alicyclic amines) is 1. The van der Waals surface area contributed by atoms with Crippen molar-refractivity contribution in [3.05, 3.63) is 34.7 Å². The number of rotatable bonds is 6. The maximum atomic E-state index is 13.2. The van der Waals surface area contributed by atoms with Gasteiger partial charge in [-0.1, -0.05) is 18.0 Å². The fraction of sp³-hybridized carbons (Fsp3) is 0.438. The van der Waals surface area contributed by atoms with Gasteiger partial charge in [-0.15, -0.1) is 0 Å². The molecule has 1 aliphatic heterocycles. The normalized spacial score (nSPS) is 15.9. The van der Waals surface area contributed by atoms with Crippen molar-refractivity contribution in [2.24, 2.45) is 4.99 Å². The second-order valence-electron chi connectivity index (χ2n) is 5.84. The van der Waals surface area contributed by atoms with Crippen LogP contribution in [0.3, 0.4) is 0 Å². The van der Waals surface area contributed by atoms with Crippen LogP contribution in [0.15, 0.2) is 27.8 Å². The Hall–Kier alpha value is -2.23. The van der Waals surface area contributed by atoms with Gasteiger partial charge in [-0.2, -0.15) is 0 Å². The van der Waals surface area contributed by atoms with Crippen LogP contribution >= 0.6 is 11.6 Å². The number of amidine groups is 1. The third kappa shape index (κ3) is 4.69. The maximum Gasteiger partial charge on any atom is 0.287 e. The lowest BCUT2D eigenvalue weighted by atomic mass is 10.1. The third-order valence-electron chi connectivity index (χ3n) is 4.03. The van der Waals surface area contributed by atoms with Crippen molar-refractivity contribution in [1.29, 1.82) is 0 Å². The number of ether oxygens (including phenoxy) is 1. The molecule has 0 saturated carbocycles. The predicted octanol–water partition coefficient (Wildman–Crippen LogP) is 2.78. The Morgan fingerprint density at radius 1 is 1.35 bits per heavy atom. The molecule has 0 bridgehead atoms. The van der Waals surface area contributed by atoms with Crippen LogP contribution in [0, 0.1) is 5.82 Å². The molecule has 0 spiro atoms. The number of hydrogen-bond acceptors (Lipinski definition) is 7. The van der Waals surface area contributed by atoms with E-state index < -0.39 is 5.82 Å². The van der Waals surface area contributed by atoms with Crippen molar-refractivity contribution in [3.63, 3.8) is 0 Å². The van der Waals surface area contributed by atoms with Gasteiger partial charge in [0.05, 0.1) is 10.7 Å². The van der Waals surface area contributed by atoms with E-state index in [9.17, 15) is 9.60 Å². The zero-order chi connectivity index (χ0) is 18.4. The van der Waals surface area contributed by atoms with Gasteiger partial charge in [0.15, 0.2) is 5.84 Å². The molecule has 2 N–H and O–H groups in total. The van der Waals surface area contributed by atoms with E-state index in [1.54, 1.807) is 0 Å². The van der Waals surface area contributed by atoms with Crippen molar-refractivity contribution in [1.82, 2.24) is 20.7 Å². The van der Waals surface area contributed by atoms with Gasteiger partial charge in [-0.25, -0.2) is 14.0 Å². The lowest BCUT2D eigenvalue weighted by molar-refractivity contribution is 0.175. The summed E-state index contributed by atoms with van der Waals surface area (Å²) in [5.41, 5.74) is 2.35. The highest BCUT2D eigenvalue weighted by Gasteiger charge is 2.19. The molecule has 1 aromatic heterocycles. The lowest BCUT2D eigenvalue weighted by Crippen LogP contribution is -2.33. The molecule has 26 heavy (non-hydrogen) atoms. The monoisotopic (exact) mass is 383 g/mol. The van der Waals surface area contributed by atoms with Crippen LogP contribution in [0.5, 0.6) is 5.88 Å². The van der Waals surface area contributed by atoms with Crippen LogP contribution < -0.4 is 10.2 Å². The number of nitrogens with zero attached hydrogens (tertiary/aromatic N) is 4. The summed E-state index contributed by atoms with van der Waals surface area (Å²) in [6.07, 6.45) is 3.66. The summed E-state index contributed by atoms with van der Waals surface area (Å²) < 4.78 is 23.6. The second kappa shape index (κ2) is 8.93. The summed E-state index contributed by atoms with van der Waals surface area (Å²) in [6, 6.07) is 3.90. The maximum absolute atomic E-state index is 13.2. The molecule has 1 aliphatic rings. The molecule has 0 amide bonds. The summed E-state index contributed by atoms with van der Waals surface area (Å²) in [7, 11) is 0. The highest BCUT2D eigenvalue weighted by atomic mass is 35.5. The van der Waals surface area contributed by atoms with E-state index in [1.807, 2.05) is 5.48 Å². The molecule has 0 atom stereocenters. The van der Waals surface area contributed by atoms with Crippen LogP contribution in [-0.4, -0.2) is 52.5 Å². The molecule has 140 valence electrons. The van der Waals surface area contributed by atoms with Crippen molar-refractivity contribution in [2.45, 2.75) is 19.3 Å². The van der Waals surface area contributed by atoms with E-state index in [1.165, 1.54) is 37.5 Å². The van der Waals surface area contributed by atoms with Gasteiger partial charge >= 0.3 is 0 Å². The number of benzene rings is 1. The van der Waals surface area contributed by atoms with Crippen molar-refractivity contribution in [2.75, 3.05) is 26.2 Å². The number of aromatic nitrogens is 2. The van der Waals surface area contributed by atoms with Crippen LogP contribution in [0.1, 0.15) is 25.0 Å². The Kier molecular flexibility index (Phi) is 6.37. The summed E-state index contributed by atoms with van der Waals surface area (Å²) in [6.45, 7) is 3.29. The van der Waals surface area contributed by atoms with Crippen molar-refractivity contribution < 1.29 is 19.0 Å². The van der Waals surface area contributed by atoms with Gasteiger partial charge in [0.25, 0.3) is 5.88 Å². The first-order chi connectivity index (χ1) is 12.7. The largest absolute Gasteiger partial charge is 0.472 e. The first-order valence-corrected chi connectivity index (χ1v) is 8.67. The molecule has 0 aliphatic carbocycles. The molecule has 1 saturated heterocycles. The number of hydroxylamine groups is 1. The van der Waals surface area contributed by atoms with Gasteiger partial charge in [0, 0.05) is 6.54 Å². The highest BCUT2D eigenvalue weighted by molar-refractivity contribution is 6.31. The molecule has 8 nitrogen and oxygen atoms in total. The number of halogens is 2. The predicted molar refractivity (Wildman–Crippen MR) is 92.6 cm³/mol. The van der Waals surface area contributed by atoms with Crippen LogP contribution in [0.2, 0.25) is 5.02 Å². The van der Waals surface area contributed by atoms with E-state index in [4.69, 9.17) is 21.0 Å². The zero-order valence-electron chi connectivity index (χ0n) is 14.0. The summed E-state index contributed by atoms with van der Waals surface area (Å²) in [4.78, 5) is 6.45. The minimum Gasteiger partial charge on any atom is -0.472 e. The standard InChI is InChI=1S/C16H19ClFN5O3/c17-12-10-11(4-5-13(12)18)19-15(20-24)14-16(22-26-21-14)25-9-8-23-6-2-1-3-7-23/h4-5,10,24H,1-3,6-9H2,(H,19,20). The molecule has 1 fully saturated rings. The fourth-order valence-electron chi connectivity index (χ4n) is 2.69. The second-order valence-corrected chi connectivity index (χ2v) is 6.25. The third-order valence-corrected chi connectivity index (χ3v) is 4.32. The van der Waals surface area contributed by atoms with Crippen molar-refractivity contribution in [3.8, 4) is 5.88 Å². The molecular weight excluding hydrogens is 365 g/mol. The van der Waals surface area contributed by atoms with Gasteiger partial charge in [0.1, 0.15) is 12.4 Å². The van der Waals surface area contributed by atoms with E-state index in [0.717, 1.165) is 19.6 Å². The van der Waals surface area contributed by atoms with Crippen LogP contribution in [-0.2, 0) is 0 Å². The van der Waals surface area contributed by atoms with E-state index in [0.29, 0.717) is 12.3 Å². The molecular formula is C16H19ClFN5O3. The Balaban J connectivity index is 1.68. The lowest BCUT2D eigenvalue weighted by Gasteiger charge is -2.25. The Bertz CT molecular complexity index is 764. The molecule has 2 aromatic rings. The average molecular weight is 384 g/mol. The number of aliphatic imine (C=N–C) groups is 1. The quantitative estimate of drug-likeness (QED) is 0.449. The van der Waals surface area contributed by atoms with Gasteiger partial charge < -0.3 is 4.74 Å². The fourth-order valence-corrected chi connectivity index (χ4v) is 2.86. The first kappa shape index (κ1) is 18.6. The molecule has 10 heteroatoms. The van der Waals surface area contributed by atoms with Crippen LogP contribution in [0.25, 0.3) is 0 Å². The topological polar surface area (TPSA) is 96.0 Å². The molecule has 2 heterocycles. The van der Waals surface area contributed by atoms with Crippen molar-refractivity contribution >= 4 is 23.1 Å². The summed E-state index contributed by atoms with van der Waals surface area (Å²) in [5, 5.41) is 16.7. The number of nitrogens with one attached hydrogen (secondary N) is 1. The highest BCUT2D eigenvalue weighted by Crippen LogP contribution is 2.23. The minimum absolute atomic E-state index is 0.0538. The number of piperidine rings is 1. The molecule has 0 radical (unpaired) electrons. The van der Waals surface area contributed by atoms with Gasteiger partial charge in [-0.3, -0.25) is 15.6 Å². The van der Waals surface area contributed by atoms with Gasteiger partial charge in [0.2, 0.25) is 5.69 Å². The smallest absolute Gasteiger partial charge is 0.287 e. The first-order valence-electron chi connectivity index (χ1n) is 8.29. The minimum atomic E-state index is -0.561. The molecule has 3 rings (SSSR count). The Labute approximate surface area is 154 Å². The Morgan fingerprint density at radius 3 is 2.88 bits per heavy atom. The van der Waals surface area contributed by atoms with Gasteiger partial charge in [-0.05, 0) is 54.4 Å². The Morgan fingerprint density at radius 2 is 2.15 bits per heavy atom. The summed E-state index contributed by atoms with van der Waals surface area (Å²) in [5.74, 6) is -0.508. The van der Waals surface area contributed by atoms with Crippen LogP contribution in [0.4, 0.5) is 10.1 Å². The average Bonchev–Trinajstić information content (AvgIpc) is 3.12. The number of hydrogen-bond donors (Lipinski definition) is 2. The van der Waals surface area contributed by atoms with E-state index >= 15 is 0 Å².